The van der Waals surface area contributed by atoms with E-state index in [4.69, 9.17) is 19.9 Å². The molecule has 1 aromatic carbocycles. The first kappa shape index (κ1) is 24.6. The predicted octanol–water partition coefficient (Wildman–Crippen LogP) is 1.86. The average molecular weight is 478 g/mol. The number of fused-ring (bicyclic) bond motifs is 1. The maximum atomic E-state index is 10.9. The minimum atomic E-state index is -0.928. The Bertz CT molecular complexity index is 1250. The van der Waals surface area contributed by atoms with Crippen molar-refractivity contribution in [1.82, 2.24) is 19.7 Å². The predicted molar refractivity (Wildman–Crippen MR) is 136 cm³/mol. The quantitative estimate of drug-likeness (QED) is 0.373. The molecule has 1 aliphatic rings. The summed E-state index contributed by atoms with van der Waals surface area (Å²) in [5, 5.41) is 20.3. The smallest absolute Gasteiger partial charge is 0.354 e. The zero-order valence-corrected chi connectivity index (χ0v) is 21.2. The van der Waals surface area contributed by atoms with E-state index in [-0.39, 0.29) is 0 Å². The van der Waals surface area contributed by atoms with Gasteiger partial charge in [-0.25, -0.2) is 9.98 Å². The van der Waals surface area contributed by atoms with Gasteiger partial charge in [0.15, 0.2) is 17.7 Å². The van der Waals surface area contributed by atoms with Gasteiger partial charge in [0.1, 0.15) is 0 Å². The lowest BCUT2D eigenvalue weighted by Crippen LogP contribution is -2.39. The zero-order valence-electron chi connectivity index (χ0n) is 21.2. The molecule has 3 heterocycles. The summed E-state index contributed by atoms with van der Waals surface area (Å²) in [7, 11) is 5.31. The lowest BCUT2D eigenvalue weighted by molar-refractivity contribution is -0.683. The van der Waals surface area contributed by atoms with Gasteiger partial charge in [-0.1, -0.05) is 15.4 Å². The third kappa shape index (κ3) is 4.86. The molecule has 0 spiro atoms. The first-order valence-corrected chi connectivity index (χ1v) is 11.7. The summed E-state index contributed by atoms with van der Waals surface area (Å²) < 4.78 is 8.69. The van der Waals surface area contributed by atoms with Crippen molar-refractivity contribution in [3.05, 3.63) is 59.8 Å². The summed E-state index contributed by atoms with van der Waals surface area (Å²) >= 11 is 0. The Balaban J connectivity index is 1.78. The Morgan fingerprint density at radius 2 is 2.00 bits per heavy atom. The lowest BCUT2D eigenvalue weighted by atomic mass is 10.1. The number of methoxy groups -OCH3 is 1. The van der Waals surface area contributed by atoms with E-state index in [0.717, 1.165) is 35.9 Å². The molecule has 0 fully saturated rings. The van der Waals surface area contributed by atoms with Gasteiger partial charge in [0.2, 0.25) is 5.82 Å². The van der Waals surface area contributed by atoms with Gasteiger partial charge in [-0.2, -0.15) is 0 Å². The number of aryl methyl sites for hydroxylation is 1. The molecule has 0 radical (unpaired) electrons. The third-order valence-electron chi connectivity index (χ3n) is 6.00. The van der Waals surface area contributed by atoms with Gasteiger partial charge in [0.25, 0.3) is 5.82 Å². The molecule has 184 valence electrons. The molecule has 4 rings (SSSR count). The van der Waals surface area contributed by atoms with E-state index in [0.29, 0.717) is 29.7 Å². The van der Waals surface area contributed by atoms with Gasteiger partial charge < -0.3 is 14.7 Å². The van der Waals surface area contributed by atoms with Gasteiger partial charge in [-0.3, -0.25) is 4.90 Å². The largest absolute Gasteiger partial charge is 0.383 e. The molecule has 0 saturated carbocycles. The molecule has 0 bridgehead atoms. The number of aromatic nitrogens is 4. The molecule has 35 heavy (non-hydrogen) atoms. The van der Waals surface area contributed by atoms with Crippen LogP contribution in [0.4, 0.5) is 11.4 Å². The molecule has 1 unspecified atom stereocenters. The normalized spacial score (nSPS) is 15.0. The number of anilines is 1. The molecule has 10 heteroatoms. The molecule has 0 saturated heterocycles. The van der Waals surface area contributed by atoms with E-state index < -0.39 is 6.23 Å². The third-order valence-corrected chi connectivity index (χ3v) is 6.00. The number of nitrogens with zero attached hydrogens (tertiary/aromatic N) is 8. The van der Waals surface area contributed by atoms with Crippen molar-refractivity contribution in [3.8, 4) is 5.82 Å². The van der Waals surface area contributed by atoms with E-state index in [9.17, 15) is 5.11 Å². The van der Waals surface area contributed by atoms with Gasteiger partial charge >= 0.3 is 5.82 Å². The minimum absolute atomic E-state index is 0.451. The van der Waals surface area contributed by atoms with E-state index in [1.54, 1.807) is 41.7 Å². The first-order chi connectivity index (χ1) is 16.8. The maximum Gasteiger partial charge on any atom is 0.354 e. The standard InChI is InChI=1S/C25H33N8O2/c1-7-31(14-15-35-6)19-11-12-20(17(2)16-19)27-22-23(25(34)30(4)5)28-33-18(3)32(29-24(22)33)21-10-8-9-13-26-21/h8-13,16,25,34H,7,14-15H2,1-6H3/q+1. The monoisotopic (exact) mass is 477 g/mol. The van der Waals surface area contributed by atoms with Gasteiger partial charge in [-0.05, 0) is 57.8 Å². The van der Waals surface area contributed by atoms with Crippen LogP contribution in [0.5, 0.6) is 0 Å². The topological polar surface area (TPSA) is 95.3 Å². The first-order valence-electron chi connectivity index (χ1n) is 11.7. The van der Waals surface area contributed by atoms with Crippen LogP contribution in [0.2, 0.25) is 0 Å². The van der Waals surface area contributed by atoms with Crippen LogP contribution in [0.25, 0.3) is 5.82 Å². The van der Waals surface area contributed by atoms with Crippen LogP contribution >= 0.6 is 0 Å². The highest BCUT2D eigenvalue weighted by Crippen LogP contribution is 2.26. The van der Waals surface area contributed by atoms with Crippen LogP contribution in [0.15, 0.2) is 52.7 Å². The maximum absolute atomic E-state index is 10.9. The molecule has 1 N–H and O–H groups in total. The fourth-order valence-corrected chi connectivity index (χ4v) is 3.96. The lowest BCUT2D eigenvalue weighted by Gasteiger charge is -2.23. The highest BCUT2D eigenvalue weighted by Gasteiger charge is 2.40. The number of rotatable bonds is 9. The number of benzene rings is 1. The SMILES string of the molecule is CCN(CCOC)c1ccc(N=C2C(C(O)N(C)C)=N[n+]3c2nn(-c2ccccn2)c3C)c(C)c1. The second kappa shape index (κ2) is 10.4. The number of hydrogen-bond donors (Lipinski definition) is 1. The molecular formula is C25H33N8O2+. The van der Waals surface area contributed by atoms with E-state index in [1.165, 1.54) is 0 Å². The van der Waals surface area contributed by atoms with Crippen molar-refractivity contribution in [2.45, 2.75) is 27.0 Å². The minimum Gasteiger partial charge on any atom is -0.383 e. The second-order valence-electron chi connectivity index (χ2n) is 8.61. The van der Waals surface area contributed by atoms with E-state index >= 15 is 0 Å². The highest BCUT2D eigenvalue weighted by molar-refractivity contribution is 6.49. The number of ether oxygens (including phenoxy) is 1. The van der Waals surface area contributed by atoms with Crippen LogP contribution in [0, 0.1) is 13.8 Å². The van der Waals surface area contributed by atoms with Crippen molar-refractivity contribution >= 4 is 22.8 Å². The van der Waals surface area contributed by atoms with Crippen molar-refractivity contribution in [1.29, 1.82) is 0 Å². The van der Waals surface area contributed by atoms with Crippen molar-refractivity contribution < 1.29 is 14.5 Å². The van der Waals surface area contributed by atoms with E-state index in [1.807, 2.05) is 38.1 Å². The fraction of sp³-hybridized carbons (Fsp3) is 0.400. The number of pyridine rings is 1. The number of aliphatic imine (C=N–C) groups is 1. The Morgan fingerprint density at radius 3 is 2.63 bits per heavy atom. The van der Waals surface area contributed by atoms with Gasteiger partial charge in [-0.15, -0.1) is 5.10 Å². The number of hydrogen-bond acceptors (Lipinski definition) is 8. The summed E-state index contributed by atoms with van der Waals surface area (Å²) in [5.41, 5.74) is 3.91. The summed E-state index contributed by atoms with van der Waals surface area (Å²) in [5.74, 6) is 2.01. The highest BCUT2D eigenvalue weighted by atomic mass is 16.5. The van der Waals surface area contributed by atoms with Crippen molar-refractivity contribution in [2.24, 2.45) is 10.1 Å². The fourth-order valence-electron chi connectivity index (χ4n) is 3.96. The van der Waals surface area contributed by atoms with E-state index in [2.05, 4.69) is 28.9 Å². The molecule has 1 aliphatic heterocycles. The molecular weight excluding hydrogens is 444 g/mol. The zero-order chi connectivity index (χ0) is 25.1. The molecule has 1 atom stereocenters. The number of likely N-dealkylation sites (N-methyl/N-ethyl adjacent to an activating group) is 1. The summed E-state index contributed by atoms with van der Waals surface area (Å²) in [6, 6.07) is 11.8. The van der Waals surface area contributed by atoms with Gasteiger partial charge in [0, 0.05) is 45.1 Å². The van der Waals surface area contributed by atoms with Crippen LogP contribution in [-0.2, 0) is 4.74 Å². The molecule has 3 aromatic rings. The Hall–Kier alpha value is -3.47. The summed E-state index contributed by atoms with van der Waals surface area (Å²) in [6.07, 6.45) is 0.797. The Kier molecular flexibility index (Phi) is 7.34. The van der Waals surface area contributed by atoms with Crippen LogP contribution in [-0.4, -0.2) is 83.3 Å². The second-order valence-corrected chi connectivity index (χ2v) is 8.61. The summed E-state index contributed by atoms with van der Waals surface area (Å²) in [4.78, 5) is 13.3. The Labute approximate surface area is 205 Å². The van der Waals surface area contributed by atoms with Crippen LogP contribution in [0.1, 0.15) is 24.1 Å². The molecule has 0 amide bonds. The Morgan fingerprint density at radius 1 is 1.20 bits per heavy atom. The molecule has 0 aliphatic carbocycles. The van der Waals surface area contributed by atoms with Gasteiger partial charge in [0.05, 0.1) is 17.4 Å². The summed E-state index contributed by atoms with van der Waals surface area (Å²) in [6.45, 7) is 8.44. The number of aliphatic hydroxyl groups excluding tert-OH is 1. The number of aliphatic hydroxyl groups is 1. The van der Waals surface area contributed by atoms with Crippen molar-refractivity contribution in [2.75, 3.05) is 45.8 Å². The average Bonchev–Trinajstić information content (AvgIpc) is 3.37. The molecule has 10 nitrogen and oxygen atoms in total. The molecule has 2 aromatic heterocycles. The van der Waals surface area contributed by atoms with Crippen LogP contribution in [0.3, 0.4) is 0 Å². The van der Waals surface area contributed by atoms with Crippen LogP contribution < -0.4 is 9.58 Å². The van der Waals surface area contributed by atoms with Crippen molar-refractivity contribution in [3.63, 3.8) is 0 Å².